The van der Waals surface area contributed by atoms with Gasteiger partial charge in [-0.3, -0.25) is 0 Å². The van der Waals surface area contributed by atoms with E-state index in [-0.39, 0.29) is 52.1 Å². The minimum Gasteiger partial charge on any atom is -1.00 e. The number of fused-ring (bicyclic) bond motifs is 1. The quantitative estimate of drug-likeness (QED) is 0.207. The van der Waals surface area contributed by atoms with Gasteiger partial charge in [-0.1, -0.05) is 109 Å². The first-order valence-electron chi connectivity index (χ1n) is 10.2. The van der Waals surface area contributed by atoms with Crippen molar-refractivity contribution in [1.29, 1.82) is 0 Å². The molecule has 0 fully saturated rings. The second kappa shape index (κ2) is 17.6. The fourth-order valence-corrected chi connectivity index (χ4v) is 5.37. The van der Waals surface area contributed by atoms with E-state index in [4.69, 9.17) is 5.73 Å². The minimum absolute atomic E-state index is 0. The van der Waals surface area contributed by atoms with E-state index in [0.29, 0.717) is 0 Å². The molecule has 0 bridgehead atoms. The fourth-order valence-electron chi connectivity index (χ4n) is 2.91. The van der Waals surface area contributed by atoms with Crippen LogP contribution in [0.15, 0.2) is 97.1 Å². The summed E-state index contributed by atoms with van der Waals surface area (Å²) in [6, 6.07) is 35.0. The number of benzene rings is 3. The van der Waals surface area contributed by atoms with E-state index in [1.165, 1.54) is 26.7 Å². The molecular weight excluding hydrogens is 516 g/mol. The molecule has 0 unspecified atom stereocenters. The molecule has 0 saturated heterocycles. The number of rotatable bonds is 3. The summed E-state index contributed by atoms with van der Waals surface area (Å²) in [5.41, 5.74) is 6.69. The van der Waals surface area contributed by atoms with Gasteiger partial charge in [-0.25, -0.2) is 0 Å². The number of hydrogen-bond donors (Lipinski definition) is 0. The van der Waals surface area contributed by atoms with Crippen molar-refractivity contribution in [2.45, 2.75) is 39.4 Å². The summed E-state index contributed by atoms with van der Waals surface area (Å²) >= 11 is 0. The van der Waals surface area contributed by atoms with Gasteiger partial charge >= 0.3 is 21.7 Å². The molecule has 0 saturated carbocycles. The summed E-state index contributed by atoms with van der Waals surface area (Å²) in [4.78, 5) is 0. The third kappa shape index (κ3) is 11.9. The summed E-state index contributed by atoms with van der Waals surface area (Å²) in [7, 11) is 0.575. The molecule has 0 aromatic heterocycles. The summed E-state index contributed by atoms with van der Waals surface area (Å²) < 4.78 is 0. The van der Waals surface area contributed by atoms with E-state index in [1.54, 1.807) is 0 Å². The van der Waals surface area contributed by atoms with Crippen LogP contribution in [-0.4, -0.2) is 15.1 Å². The van der Waals surface area contributed by atoms with E-state index in [2.05, 4.69) is 110 Å². The second-order valence-corrected chi connectivity index (χ2v) is 11.2. The first-order valence-corrected chi connectivity index (χ1v) is 13.6. The maximum absolute atomic E-state index is 6.94. The Balaban J connectivity index is 0. The zero-order chi connectivity index (χ0) is 22.0. The minimum atomic E-state index is -0.509. The van der Waals surface area contributed by atoms with Crippen LogP contribution in [0.5, 0.6) is 0 Å². The molecule has 1 nitrogen and oxygen atoms in total. The molecule has 1 N–H and O–H groups in total. The molecule has 0 spiro atoms. The third-order valence-electron chi connectivity index (χ3n) is 3.93. The Morgan fingerprint density at radius 3 is 1.52 bits per heavy atom. The Morgan fingerprint density at radius 1 is 0.727 bits per heavy atom. The average molecular weight is 548 g/mol. The molecule has 0 amide bonds. The van der Waals surface area contributed by atoms with Crippen molar-refractivity contribution in [3.8, 4) is 0 Å². The second-order valence-electron chi connectivity index (χ2n) is 8.06. The molecule has 4 aromatic rings. The third-order valence-corrected chi connectivity index (χ3v) is 6.43. The largest absolute Gasteiger partial charge is 4.00 e. The summed E-state index contributed by atoms with van der Waals surface area (Å²) in [5.74, 6) is 0. The first-order chi connectivity index (χ1) is 14.3. The van der Waals surface area contributed by atoms with Crippen LogP contribution >= 0.6 is 7.92 Å². The normalized spacial score (nSPS) is 9.79. The van der Waals surface area contributed by atoms with Crippen LogP contribution in [0.4, 0.5) is 0 Å². The smallest absolute Gasteiger partial charge is 1.00 e. The summed E-state index contributed by atoms with van der Waals surface area (Å²) in [6.45, 7) is 9.87. The molecule has 4 rings (SSSR count). The van der Waals surface area contributed by atoms with Crippen LogP contribution < -0.4 is 40.7 Å². The summed E-state index contributed by atoms with van der Waals surface area (Å²) in [5, 5.41) is 6.96. The Labute approximate surface area is 231 Å². The molecule has 4 aromatic carbocycles. The van der Waals surface area contributed by atoms with Gasteiger partial charge in [-0.15, -0.1) is 51.9 Å². The van der Waals surface area contributed by atoms with Crippen LogP contribution in [0.3, 0.4) is 0 Å². The van der Waals surface area contributed by atoms with Crippen LogP contribution in [0.25, 0.3) is 16.5 Å². The topological polar surface area (TPSA) is 23.8 Å². The average Bonchev–Trinajstić information content (AvgIpc) is 3.13. The standard InChI is InChI=1S/C21H16P.C4H10N.C2H6Si.2ClH.Ti/c1-3-10-18(11-4-1)22(19-12-5-2-6-13-19)21-16-15-17-9-7-8-14-20(17)21;1-4(2,3)5;1-3-2;;;/h1-16H;5H,1-3H3;1-2H3;2*1H;/q2*-1;;;;+4/p-2. The predicted molar refractivity (Wildman–Crippen MR) is 140 cm³/mol. The van der Waals surface area contributed by atoms with Gasteiger partial charge in [0.05, 0.1) is 0 Å². The van der Waals surface area contributed by atoms with Gasteiger partial charge in [0.1, 0.15) is 0 Å². The Hall–Kier alpha value is -0.829. The van der Waals surface area contributed by atoms with Crippen molar-refractivity contribution in [3.05, 3.63) is 103 Å². The van der Waals surface area contributed by atoms with Crippen LogP contribution in [0.1, 0.15) is 20.8 Å². The summed E-state index contributed by atoms with van der Waals surface area (Å²) in [6.07, 6.45) is 0. The van der Waals surface area contributed by atoms with Gasteiger partial charge in [0, 0.05) is 9.52 Å². The molecule has 172 valence electrons. The van der Waals surface area contributed by atoms with Crippen molar-refractivity contribution < 1.29 is 46.5 Å². The van der Waals surface area contributed by atoms with Crippen molar-refractivity contribution >= 4 is 44.1 Å². The monoisotopic (exact) mass is 547 g/mol. The van der Waals surface area contributed by atoms with Crippen molar-refractivity contribution in [2.75, 3.05) is 0 Å². The molecule has 0 aliphatic heterocycles. The van der Waals surface area contributed by atoms with Gasteiger partial charge in [0.15, 0.2) is 0 Å². The van der Waals surface area contributed by atoms with Crippen LogP contribution in [0, 0.1) is 0 Å². The van der Waals surface area contributed by atoms with Gasteiger partial charge in [0.25, 0.3) is 0 Å². The van der Waals surface area contributed by atoms with Crippen molar-refractivity contribution in [2.24, 2.45) is 0 Å². The predicted octanol–water partition coefficient (Wildman–Crippen LogP) is 0.946. The maximum Gasteiger partial charge on any atom is 4.00 e. The molecule has 33 heavy (non-hydrogen) atoms. The van der Waals surface area contributed by atoms with E-state index < -0.39 is 7.92 Å². The zero-order valence-corrected chi connectivity index (χ0v) is 24.9. The van der Waals surface area contributed by atoms with E-state index in [1.807, 2.05) is 20.8 Å². The van der Waals surface area contributed by atoms with Crippen LogP contribution in [0.2, 0.25) is 13.1 Å². The van der Waals surface area contributed by atoms with E-state index in [9.17, 15) is 0 Å². The molecular formula is C27H32Cl2NPSiTi. The molecule has 2 radical (unpaired) electrons. The van der Waals surface area contributed by atoms with Crippen LogP contribution in [-0.2, 0) is 21.7 Å². The number of nitrogens with one attached hydrogen (secondary N) is 1. The molecule has 0 aliphatic carbocycles. The van der Waals surface area contributed by atoms with Gasteiger partial charge in [0.2, 0.25) is 0 Å². The van der Waals surface area contributed by atoms with Gasteiger partial charge < -0.3 is 30.5 Å². The Bertz CT molecular complexity index is 959. The van der Waals surface area contributed by atoms with Crippen molar-refractivity contribution in [3.63, 3.8) is 0 Å². The van der Waals surface area contributed by atoms with Gasteiger partial charge in [-0.05, 0) is 10.6 Å². The maximum atomic E-state index is 6.94. The number of hydrogen-bond acceptors (Lipinski definition) is 0. The Morgan fingerprint density at radius 2 is 1.09 bits per heavy atom. The Kier molecular flexibility index (Phi) is 18.3. The zero-order valence-electron chi connectivity index (χ0n) is 19.9. The first kappa shape index (κ1) is 34.3. The van der Waals surface area contributed by atoms with E-state index >= 15 is 0 Å². The fraction of sp³-hybridized carbons (Fsp3) is 0.222. The molecule has 0 aliphatic rings. The molecule has 0 atom stereocenters. The molecule has 6 heteroatoms. The van der Waals surface area contributed by atoms with E-state index in [0.717, 1.165) is 9.52 Å². The van der Waals surface area contributed by atoms with Gasteiger partial charge in [-0.2, -0.15) is 0 Å². The number of halogens is 2. The van der Waals surface area contributed by atoms with Crippen molar-refractivity contribution in [1.82, 2.24) is 0 Å². The molecule has 0 heterocycles. The SMILES string of the molecule is CC(C)(C)[NH-].C[Si]C.[Cl-].[Cl-].[Ti+4].c1ccc(P(c2ccccc2)c2c[cH-]c3ccccc23)cc1.